The number of nitrogens with zero attached hydrogens (tertiary/aromatic N) is 2. The van der Waals surface area contributed by atoms with Crippen LogP contribution < -0.4 is 5.32 Å². The number of aryl methyl sites for hydroxylation is 1. The highest BCUT2D eigenvalue weighted by atomic mass is 35.5. The molecule has 4 nitrogen and oxygen atoms in total. The van der Waals surface area contributed by atoms with Gasteiger partial charge in [-0.2, -0.15) is 0 Å². The first-order chi connectivity index (χ1) is 13.0. The van der Waals surface area contributed by atoms with Gasteiger partial charge in [0.05, 0.1) is 10.3 Å². The van der Waals surface area contributed by atoms with E-state index in [0.717, 1.165) is 10.5 Å². The first-order valence-corrected chi connectivity index (χ1v) is 10.7. The molecule has 3 aromatic rings. The molecule has 0 radical (unpaired) electrons. The van der Waals surface area contributed by atoms with Gasteiger partial charge in [0, 0.05) is 15.5 Å². The topological polar surface area (TPSA) is 54.9 Å². The Labute approximate surface area is 176 Å². The number of anilines is 1. The molecule has 1 aromatic heterocycles. The highest BCUT2D eigenvalue weighted by molar-refractivity contribution is 8.00. The van der Waals surface area contributed by atoms with Gasteiger partial charge in [-0.1, -0.05) is 59.2 Å². The van der Waals surface area contributed by atoms with Gasteiger partial charge in [0.15, 0.2) is 5.01 Å². The molecule has 1 N–H and O–H groups in total. The summed E-state index contributed by atoms with van der Waals surface area (Å²) >= 11 is 15.0. The van der Waals surface area contributed by atoms with Gasteiger partial charge >= 0.3 is 0 Å². The molecule has 1 amide bonds. The maximum absolute atomic E-state index is 12.6. The molecule has 1 atom stereocenters. The van der Waals surface area contributed by atoms with E-state index in [1.807, 2.05) is 38.1 Å². The largest absolute Gasteiger partial charge is 0.300 e. The molecule has 140 valence electrons. The lowest BCUT2D eigenvalue weighted by molar-refractivity contribution is -0.115. The number of rotatable bonds is 6. The zero-order chi connectivity index (χ0) is 19.4. The molecule has 0 saturated carbocycles. The number of thioether (sulfide) groups is 1. The molecule has 0 aliphatic heterocycles. The fraction of sp³-hybridized carbons (Fsp3) is 0.211. The first-order valence-electron chi connectivity index (χ1n) is 8.29. The average Bonchev–Trinajstić information content (AvgIpc) is 3.09. The quantitative estimate of drug-likeness (QED) is 0.457. The van der Waals surface area contributed by atoms with E-state index < -0.39 is 0 Å². The van der Waals surface area contributed by atoms with Crippen LogP contribution in [0.2, 0.25) is 10.0 Å². The summed E-state index contributed by atoms with van der Waals surface area (Å²) in [7, 11) is 0. The number of hydrogen-bond donors (Lipinski definition) is 1. The molecule has 0 aliphatic rings. The zero-order valence-corrected chi connectivity index (χ0v) is 17.8. The average molecular weight is 438 g/mol. The SMILES string of the molecule is CCC(Sc1ccc(C)cc1)C(=O)Nc1nnc(-c2ccc(Cl)cc2Cl)s1. The maximum atomic E-state index is 12.6. The van der Waals surface area contributed by atoms with Crippen LogP contribution in [-0.2, 0) is 4.79 Å². The van der Waals surface area contributed by atoms with E-state index in [2.05, 4.69) is 15.5 Å². The van der Waals surface area contributed by atoms with Crippen molar-refractivity contribution in [2.75, 3.05) is 5.32 Å². The third kappa shape index (κ3) is 5.23. The van der Waals surface area contributed by atoms with E-state index in [-0.39, 0.29) is 11.2 Å². The molecule has 0 aliphatic carbocycles. The van der Waals surface area contributed by atoms with Gasteiger partial charge in [0.1, 0.15) is 0 Å². The smallest absolute Gasteiger partial charge is 0.239 e. The van der Waals surface area contributed by atoms with E-state index in [1.165, 1.54) is 16.9 Å². The second-order valence-corrected chi connectivity index (χ2v) is 8.95. The third-order valence-electron chi connectivity index (χ3n) is 3.78. The second-order valence-electron chi connectivity index (χ2n) is 5.85. The molecule has 8 heteroatoms. The number of aromatic nitrogens is 2. The van der Waals surface area contributed by atoms with Gasteiger partial charge in [0.2, 0.25) is 11.0 Å². The number of carbonyl (C=O) groups excluding carboxylic acids is 1. The Morgan fingerprint density at radius 3 is 2.59 bits per heavy atom. The lowest BCUT2D eigenvalue weighted by Crippen LogP contribution is -2.24. The predicted octanol–water partition coefficient (Wildman–Crippen LogP) is 6.33. The summed E-state index contributed by atoms with van der Waals surface area (Å²) in [5.74, 6) is -0.0898. The molecule has 0 fully saturated rings. The second kappa shape index (κ2) is 9.06. The molecule has 0 spiro atoms. The van der Waals surface area contributed by atoms with E-state index >= 15 is 0 Å². The Hall–Kier alpha value is -1.60. The molecule has 0 saturated heterocycles. The van der Waals surface area contributed by atoms with Crippen LogP contribution in [0.25, 0.3) is 10.6 Å². The van der Waals surface area contributed by atoms with Crippen molar-refractivity contribution >= 4 is 57.3 Å². The highest BCUT2D eigenvalue weighted by Gasteiger charge is 2.20. The van der Waals surface area contributed by atoms with Gasteiger partial charge in [-0.3, -0.25) is 10.1 Å². The molecule has 0 bridgehead atoms. The van der Waals surface area contributed by atoms with E-state index in [4.69, 9.17) is 23.2 Å². The monoisotopic (exact) mass is 437 g/mol. The van der Waals surface area contributed by atoms with Crippen molar-refractivity contribution in [3.8, 4) is 10.6 Å². The summed E-state index contributed by atoms with van der Waals surface area (Å²) in [6, 6.07) is 13.3. The third-order valence-corrected chi connectivity index (χ3v) is 6.58. The van der Waals surface area contributed by atoms with Crippen molar-refractivity contribution in [3.05, 3.63) is 58.1 Å². The van der Waals surface area contributed by atoms with Gasteiger partial charge in [-0.25, -0.2) is 0 Å². The van der Waals surface area contributed by atoms with Crippen molar-refractivity contribution in [3.63, 3.8) is 0 Å². The van der Waals surface area contributed by atoms with Crippen LogP contribution in [-0.4, -0.2) is 21.4 Å². The van der Waals surface area contributed by atoms with Crippen molar-refractivity contribution in [2.45, 2.75) is 30.4 Å². The number of amides is 1. The molecule has 3 rings (SSSR count). The minimum absolute atomic E-state index is 0.0898. The highest BCUT2D eigenvalue weighted by Crippen LogP contribution is 2.34. The molecular formula is C19H17Cl2N3OS2. The van der Waals surface area contributed by atoms with Gasteiger partial charge in [-0.05, 0) is 43.7 Å². The molecule has 1 unspecified atom stereocenters. The Kier molecular flexibility index (Phi) is 6.76. The molecule has 1 heterocycles. The Morgan fingerprint density at radius 1 is 1.19 bits per heavy atom. The van der Waals surface area contributed by atoms with Crippen LogP contribution in [0.5, 0.6) is 0 Å². The minimum Gasteiger partial charge on any atom is -0.300 e. The Bertz CT molecular complexity index is 944. The molecule has 2 aromatic carbocycles. The van der Waals surface area contributed by atoms with Crippen LogP contribution in [0.4, 0.5) is 5.13 Å². The van der Waals surface area contributed by atoms with E-state index in [0.29, 0.717) is 26.6 Å². The summed E-state index contributed by atoms with van der Waals surface area (Å²) in [6.07, 6.45) is 0.707. The van der Waals surface area contributed by atoms with E-state index in [9.17, 15) is 4.79 Å². The normalized spacial score (nSPS) is 12.0. The maximum Gasteiger partial charge on any atom is 0.239 e. The lowest BCUT2D eigenvalue weighted by Gasteiger charge is -2.13. The van der Waals surface area contributed by atoms with Gasteiger partial charge in [-0.15, -0.1) is 22.0 Å². The summed E-state index contributed by atoms with van der Waals surface area (Å²) in [5.41, 5.74) is 1.93. The zero-order valence-electron chi connectivity index (χ0n) is 14.7. The number of carbonyl (C=O) groups is 1. The Morgan fingerprint density at radius 2 is 1.93 bits per heavy atom. The number of halogens is 2. The van der Waals surface area contributed by atoms with E-state index in [1.54, 1.807) is 30.0 Å². The van der Waals surface area contributed by atoms with Crippen molar-refractivity contribution < 1.29 is 4.79 Å². The number of benzene rings is 2. The minimum atomic E-state index is -0.209. The van der Waals surface area contributed by atoms with Crippen LogP contribution in [0.15, 0.2) is 47.4 Å². The fourth-order valence-electron chi connectivity index (χ4n) is 2.33. The van der Waals surface area contributed by atoms with Crippen molar-refractivity contribution in [1.29, 1.82) is 0 Å². The summed E-state index contributed by atoms with van der Waals surface area (Å²) in [4.78, 5) is 13.7. The fourth-order valence-corrected chi connectivity index (χ4v) is 4.63. The Balaban J connectivity index is 1.69. The van der Waals surface area contributed by atoms with Crippen molar-refractivity contribution in [1.82, 2.24) is 10.2 Å². The summed E-state index contributed by atoms with van der Waals surface area (Å²) < 4.78 is 0. The first kappa shape index (κ1) is 20.1. The summed E-state index contributed by atoms with van der Waals surface area (Å²) in [5, 5.41) is 13.0. The lowest BCUT2D eigenvalue weighted by atomic mass is 10.2. The molecule has 27 heavy (non-hydrogen) atoms. The standard InChI is InChI=1S/C19H17Cl2N3OS2/c1-3-16(26-13-7-4-11(2)5-8-13)17(25)22-19-24-23-18(27-19)14-9-6-12(20)10-15(14)21/h4-10,16H,3H2,1-2H3,(H,22,24,25). The number of nitrogens with one attached hydrogen (secondary N) is 1. The van der Waals surface area contributed by atoms with Crippen LogP contribution >= 0.6 is 46.3 Å². The van der Waals surface area contributed by atoms with Crippen molar-refractivity contribution in [2.24, 2.45) is 0 Å². The van der Waals surface area contributed by atoms with Gasteiger partial charge < -0.3 is 0 Å². The van der Waals surface area contributed by atoms with Crippen LogP contribution in [0.1, 0.15) is 18.9 Å². The van der Waals surface area contributed by atoms with Gasteiger partial charge in [0.25, 0.3) is 0 Å². The summed E-state index contributed by atoms with van der Waals surface area (Å²) in [6.45, 7) is 4.03. The number of hydrogen-bond acceptors (Lipinski definition) is 5. The van der Waals surface area contributed by atoms with Crippen LogP contribution in [0, 0.1) is 6.92 Å². The van der Waals surface area contributed by atoms with Crippen LogP contribution in [0.3, 0.4) is 0 Å². The predicted molar refractivity (Wildman–Crippen MR) is 115 cm³/mol. The molecular weight excluding hydrogens is 421 g/mol.